The van der Waals surface area contributed by atoms with Crippen molar-refractivity contribution < 1.29 is 23.8 Å². The van der Waals surface area contributed by atoms with Gasteiger partial charge in [0.05, 0.1) is 29.6 Å². The quantitative estimate of drug-likeness (QED) is 0.390. The zero-order valence-electron chi connectivity index (χ0n) is 21.4. The number of ether oxygens (including phenoxy) is 1. The number of aryl methyl sites for hydroxylation is 1. The molecule has 2 aliphatic rings. The molecule has 1 atom stereocenters. The Hall–Kier alpha value is -3.60. The van der Waals surface area contributed by atoms with E-state index in [0.717, 1.165) is 18.4 Å². The highest BCUT2D eigenvalue weighted by molar-refractivity contribution is 6.33. The molecule has 2 aromatic carbocycles. The molecular weight excluding hydrogens is 525 g/mol. The fourth-order valence-corrected chi connectivity index (χ4v) is 5.11. The number of nitrogens with zero attached hydrogens (tertiary/aromatic N) is 3. The second kappa shape index (κ2) is 11.6. The van der Waals surface area contributed by atoms with E-state index in [0.29, 0.717) is 52.1 Å². The van der Waals surface area contributed by atoms with Gasteiger partial charge in [0.2, 0.25) is 11.9 Å². The van der Waals surface area contributed by atoms with Crippen LogP contribution in [-0.2, 0) is 16.1 Å². The van der Waals surface area contributed by atoms with Gasteiger partial charge in [-0.2, -0.15) is 0 Å². The van der Waals surface area contributed by atoms with Gasteiger partial charge in [-0.05, 0) is 54.7 Å². The van der Waals surface area contributed by atoms with Crippen LogP contribution in [0.15, 0.2) is 42.6 Å². The van der Waals surface area contributed by atoms with Crippen LogP contribution in [0, 0.1) is 12.7 Å². The number of fused-ring (bicyclic) bond motifs is 1. The molecule has 1 aromatic heterocycles. The molecule has 11 heteroatoms. The predicted octanol–water partition coefficient (Wildman–Crippen LogP) is 3.64. The van der Waals surface area contributed by atoms with Crippen LogP contribution in [0.3, 0.4) is 0 Å². The van der Waals surface area contributed by atoms with Crippen molar-refractivity contribution in [3.05, 3.63) is 75.7 Å². The number of rotatable bonds is 8. The maximum atomic E-state index is 13.8. The predicted molar refractivity (Wildman–Crippen MR) is 144 cm³/mol. The fourth-order valence-electron chi connectivity index (χ4n) is 4.91. The number of anilines is 1. The molecule has 9 nitrogen and oxygen atoms in total. The molecule has 1 fully saturated rings. The zero-order chi connectivity index (χ0) is 27.5. The summed E-state index contributed by atoms with van der Waals surface area (Å²) in [6, 6.07) is 9.17. The molecule has 2 amide bonds. The maximum absolute atomic E-state index is 13.8. The van der Waals surface area contributed by atoms with Gasteiger partial charge in [-0.15, -0.1) is 0 Å². The lowest BCUT2D eigenvalue weighted by Gasteiger charge is -2.23. The Labute approximate surface area is 230 Å². The highest BCUT2D eigenvalue weighted by Gasteiger charge is 2.30. The summed E-state index contributed by atoms with van der Waals surface area (Å²) in [7, 11) is 0. The minimum absolute atomic E-state index is 0.207. The average Bonchev–Trinajstić information content (AvgIpc) is 3.22. The van der Waals surface area contributed by atoms with E-state index in [2.05, 4.69) is 20.6 Å². The van der Waals surface area contributed by atoms with E-state index >= 15 is 0 Å². The van der Waals surface area contributed by atoms with E-state index in [-0.39, 0.29) is 25.0 Å². The van der Waals surface area contributed by atoms with Gasteiger partial charge in [-0.1, -0.05) is 29.8 Å². The molecule has 0 saturated carbocycles. The number of aliphatic hydroxyl groups excluding tert-OH is 1. The number of aromatic nitrogens is 2. The first kappa shape index (κ1) is 27.0. The van der Waals surface area contributed by atoms with Crippen molar-refractivity contribution in [1.82, 2.24) is 20.2 Å². The summed E-state index contributed by atoms with van der Waals surface area (Å²) < 4.78 is 19.2. The number of carbonyl (C=O) groups is 2. The van der Waals surface area contributed by atoms with Crippen molar-refractivity contribution in [1.29, 1.82) is 0 Å². The van der Waals surface area contributed by atoms with Crippen molar-refractivity contribution in [2.24, 2.45) is 0 Å². The molecule has 3 aromatic rings. The molecule has 5 rings (SSSR count). The van der Waals surface area contributed by atoms with E-state index < -0.39 is 24.4 Å². The van der Waals surface area contributed by atoms with Crippen molar-refractivity contribution in [2.45, 2.75) is 38.4 Å². The van der Waals surface area contributed by atoms with Gasteiger partial charge >= 0.3 is 0 Å². The normalized spacial score (nSPS) is 16.2. The standard InChI is InChI=1S/C28H29ClFN5O4/c1-16-8-19(10-20(30)9-16)24(15-36)33-25(37)14-35-13-18-3-2-17(11-22(18)27(35)38)26-23(29)12-31-28(34-26)32-21-4-6-39-7-5-21/h2-3,8-12,21,24,36H,4-7,13-15H2,1H3,(H,33,37)(H,31,32,34). The van der Waals surface area contributed by atoms with Crippen LogP contribution in [0.2, 0.25) is 5.02 Å². The first-order valence-corrected chi connectivity index (χ1v) is 13.1. The number of hydrogen-bond donors (Lipinski definition) is 3. The third-order valence-corrected chi connectivity index (χ3v) is 7.16. The van der Waals surface area contributed by atoms with Gasteiger partial charge < -0.3 is 25.4 Å². The summed E-state index contributed by atoms with van der Waals surface area (Å²) in [5.41, 5.74) is 3.54. The number of nitrogens with one attached hydrogen (secondary N) is 2. The van der Waals surface area contributed by atoms with Crippen molar-refractivity contribution in [2.75, 3.05) is 31.7 Å². The summed E-state index contributed by atoms with van der Waals surface area (Å²) in [5, 5.41) is 16.2. The second-order valence-electron chi connectivity index (χ2n) is 9.82. The van der Waals surface area contributed by atoms with E-state index in [1.54, 1.807) is 19.1 Å². The van der Waals surface area contributed by atoms with Gasteiger partial charge in [-0.25, -0.2) is 14.4 Å². The monoisotopic (exact) mass is 553 g/mol. The van der Waals surface area contributed by atoms with Gasteiger partial charge in [0, 0.05) is 36.9 Å². The molecule has 0 radical (unpaired) electrons. The Balaban J connectivity index is 1.28. The summed E-state index contributed by atoms with van der Waals surface area (Å²) in [4.78, 5) is 36.3. The fraction of sp³-hybridized carbons (Fsp3) is 0.357. The van der Waals surface area contributed by atoms with Crippen LogP contribution in [-0.4, -0.2) is 64.2 Å². The number of amides is 2. The minimum atomic E-state index is -0.789. The number of hydrogen-bond acceptors (Lipinski definition) is 7. The highest BCUT2D eigenvalue weighted by Crippen LogP contribution is 2.31. The topological polar surface area (TPSA) is 117 Å². The number of benzene rings is 2. The first-order valence-electron chi connectivity index (χ1n) is 12.8. The van der Waals surface area contributed by atoms with Crippen LogP contribution in [0.4, 0.5) is 10.3 Å². The molecule has 0 spiro atoms. The molecule has 204 valence electrons. The van der Waals surface area contributed by atoms with Crippen LogP contribution in [0.25, 0.3) is 11.3 Å². The largest absolute Gasteiger partial charge is 0.394 e. The lowest BCUT2D eigenvalue weighted by Crippen LogP contribution is -2.40. The Morgan fingerprint density at radius 1 is 1.26 bits per heavy atom. The van der Waals surface area contributed by atoms with Crippen LogP contribution < -0.4 is 10.6 Å². The summed E-state index contributed by atoms with van der Waals surface area (Å²) in [6.07, 6.45) is 3.26. The lowest BCUT2D eigenvalue weighted by atomic mass is 10.0. The first-order chi connectivity index (χ1) is 18.8. The van der Waals surface area contributed by atoms with Gasteiger partial charge in [0.15, 0.2) is 0 Å². The molecular formula is C28H29ClFN5O4. The SMILES string of the molecule is Cc1cc(F)cc(C(CO)NC(=O)CN2Cc3ccc(-c4nc(NC5CCOCC5)ncc4Cl)cc3C2=O)c1. The highest BCUT2D eigenvalue weighted by atomic mass is 35.5. The molecule has 39 heavy (non-hydrogen) atoms. The zero-order valence-corrected chi connectivity index (χ0v) is 22.2. The van der Waals surface area contributed by atoms with E-state index in [1.807, 2.05) is 12.1 Å². The van der Waals surface area contributed by atoms with E-state index in [4.69, 9.17) is 16.3 Å². The molecule has 3 heterocycles. The van der Waals surface area contributed by atoms with Crippen molar-refractivity contribution in [3.8, 4) is 11.3 Å². The number of halogens is 2. The van der Waals surface area contributed by atoms with Crippen LogP contribution in [0.1, 0.15) is 45.9 Å². The smallest absolute Gasteiger partial charge is 0.254 e. The van der Waals surface area contributed by atoms with E-state index in [1.165, 1.54) is 23.2 Å². The Morgan fingerprint density at radius 3 is 2.79 bits per heavy atom. The third kappa shape index (κ3) is 6.19. The van der Waals surface area contributed by atoms with Gasteiger partial charge in [0.25, 0.3) is 5.91 Å². The molecule has 0 aliphatic carbocycles. The maximum Gasteiger partial charge on any atom is 0.254 e. The third-order valence-electron chi connectivity index (χ3n) is 6.88. The molecule has 3 N–H and O–H groups in total. The number of aliphatic hydroxyl groups is 1. The van der Waals surface area contributed by atoms with Crippen LogP contribution >= 0.6 is 11.6 Å². The summed E-state index contributed by atoms with van der Waals surface area (Å²) in [6.45, 7) is 2.75. The second-order valence-corrected chi connectivity index (χ2v) is 10.2. The summed E-state index contributed by atoms with van der Waals surface area (Å²) >= 11 is 6.43. The molecule has 1 saturated heterocycles. The molecule has 0 bridgehead atoms. The van der Waals surface area contributed by atoms with Crippen LogP contribution in [0.5, 0.6) is 0 Å². The van der Waals surface area contributed by atoms with Gasteiger partial charge in [-0.3, -0.25) is 9.59 Å². The van der Waals surface area contributed by atoms with Crippen molar-refractivity contribution in [3.63, 3.8) is 0 Å². The average molecular weight is 554 g/mol. The lowest BCUT2D eigenvalue weighted by molar-refractivity contribution is -0.122. The Bertz CT molecular complexity index is 1380. The molecule has 1 unspecified atom stereocenters. The van der Waals surface area contributed by atoms with Crippen molar-refractivity contribution >= 4 is 29.4 Å². The molecule has 2 aliphatic heterocycles. The minimum Gasteiger partial charge on any atom is -0.394 e. The number of carbonyl (C=O) groups excluding carboxylic acids is 2. The van der Waals surface area contributed by atoms with E-state index in [9.17, 15) is 19.1 Å². The summed E-state index contributed by atoms with van der Waals surface area (Å²) in [5.74, 6) is -0.748. The Morgan fingerprint density at radius 2 is 2.05 bits per heavy atom. The Kier molecular flexibility index (Phi) is 8.06. The van der Waals surface area contributed by atoms with Gasteiger partial charge in [0.1, 0.15) is 12.4 Å².